The van der Waals surface area contributed by atoms with Crippen molar-refractivity contribution >= 4 is 17.2 Å². The van der Waals surface area contributed by atoms with Crippen molar-refractivity contribution in [1.82, 2.24) is 9.55 Å². The van der Waals surface area contributed by atoms with E-state index < -0.39 is 0 Å². The van der Waals surface area contributed by atoms with Crippen molar-refractivity contribution in [3.63, 3.8) is 0 Å². The van der Waals surface area contributed by atoms with Gasteiger partial charge in [0.15, 0.2) is 12.1 Å². The predicted molar refractivity (Wildman–Crippen MR) is 52.4 cm³/mol. The van der Waals surface area contributed by atoms with Gasteiger partial charge in [0, 0.05) is 7.05 Å². The van der Waals surface area contributed by atoms with Gasteiger partial charge in [-0.05, 0) is 12.1 Å². The molecule has 14 heavy (non-hydrogen) atoms. The SMILES string of the molecule is Cn1c(C=O)nc2ccccc2c1=O. The average Bonchev–Trinajstić information content (AvgIpc) is 2.23. The van der Waals surface area contributed by atoms with Gasteiger partial charge in [0.1, 0.15) is 0 Å². The number of rotatable bonds is 1. The van der Waals surface area contributed by atoms with Crippen LogP contribution in [0.2, 0.25) is 0 Å². The minimum atomic E-state index is -0.197. The molecule has 4 heteroatoms. The zero-order chi connectivity index (χ0) is 10.1. The molecule has 0 saturated heterocycles. The number of aldehydes is 1. The Morgan fingerprint density at radius 1 is 1.36 bits per heavy atom. The molecule has 0 amide bonds. The summed E-state index contributed by atoms with van der Waals surface area (Å²) in [4.78, 5) is 26.3. The topological polar surface area (TPSA) is 52.0 Å². The Hall–Kier alpha value is -1.97. The maximum absolute atomic E-state index is 11.7. The molecule has 0 atom stereocenters. The van der Waals surface area contributed by atoms with Crippen molar-refractivity contribution in [2.24, 2.45) is 7.05 Å². The van der Waals surface area contributed by atoms with Crippen LogP contribution < -0.4 is 5.56 Å². The van der Waals surface area contributed by atoms with Gasteiger partial charge in [0.05, 0.1) is 10.9 Å². The minimum absolute atomic E-state index is 0.147. The lowest BCUT2D eigenvalue weighted by molar-refractivity contribution is 0.111. The zero-order valence-corrected chi connectivity index (χ0v) is 7.60. The third-order valence-corrected chi connectivity index (χ3v) is 2.12. The molecule has 0 N–H and O–H groups in total. The summed E-state index contributed by atoms with van der Waals surface area (Å²) in [6, 6.07) is 6.96. The van der Waals surface area contributed by atoms with Crippen LogP contribution in [-0.2, 0) is 7.05 Å². The maximum atomic E-state index is 11.7. The third kappa shape index (κ3) is 1.12. The van der Waals surface area contributed by atoms with Gasteiger partial charge < -0.3 is 0 Å². The molecule has 0 aliphatic heterocycles. The number of carbonyl (C=O) groups excluding carboxylic acids is 1. The second-order valence-corrected chi connectivity index (χ2v) is 2.97. The molecule has 2 rings (SSSR count). The van der Waals surface area contributed by atoms with Gasteiger partial charge >= 0.3 is 0 Å². The summed E-state index contributed by atoms with van der Waals surface area (Å²) in [6.45, 7) is 0. The number of aromatic nitrogens is 2. The first-order chi connectivity index (χ1) is 6.74. The van der Waals surface area contributed by atoms with Crippen LogP contribution in [0.5, 0.6) is 0 Å². The molecule has 0 unspecified atom stereocenters. The highest BCUT2D eigenvalue weighted by molar-refractivity contribution is 5.81. The van der Waals surface area contributed by atoms with Crippen LogP contribution in [0.4, 0.5) is 0 Å². The number of nitrogens with zero attached hydrogens (tertiary/aromatic N) is 2. The molecule has 1 aromatic carbocycles. The number of hydrogen-bond donors (Lipinski definition) is 0. The Labute approximate surface area is 79.8 Å². The van der Waals surface area contributed by atoms with Gasteiger partial charge in [0.2, 0.25) is 0 Å². The fourth-order valence-electron chi connectivity index (χ4n) is 1.34. The first-order valence-corrected chi connectivity index (χ1v) is 4.15. The Bertz CT molecular complexity index is 558. The average molecular weight is 188 g/mol. The van der Waals surface area contributed by atoms with Crippen LogP contribution in [0.15, 0.2) is 29.1 Å². The third-order valence-electron chi connectivity index (χ3n) is 2.12. The highest BCUT2D eigenvalue weighted by Gasteiger charge is 2.05. The molecular formula is C10H8N2O2. The Balaban J connectivity index is 2.99. The second kappa shape index (κ2) is 3.06. The maximum Gasteiger partial charge on any atom is 0.261 e. The lowest BCUT2D eigenvalue weighted by Gasteiger charge is -2.02. The second-order valence-electron chi connectivity index (χ2n) is 2.97. The molecule has 1 aromatic heterocycles. The van der Waals surface area contributed by atoms with Crippen LogP contribution in [0.25, 0.3) is 10.9 Å². The van der Waals surface area contributed by atoms with E-state index in [1.54, 1.807) is 24.3 Å². The Morgan fingerprint density at radius 2 is 2.07 bits per heavy atom. The quantitative estimate of drug-likeness (QED) is 0.620. The normalized spacial score (nSPS) is 10.4. The van der Waals surface area contributed by atoms with Crippen molar-refractivity contribution < 1.29 is 4.79 Å². The van der Waals surface area contributed by atoms with Crippen molar-refractivity contribution in [3.8, 4) is 0 Å². The van der Waals surface area contributed by atoms with Crippen LogP contribution in [0.3, 0.4) is 0 Å². The lowest BCUT2D eigenvalue weighted by atomic mass is 10.2. The van der Waals surface area contributed by atoms with Crippen LogP contribution >= 0.6 is 0 Å². The standard InChI is InChI=1S/C10H8N2O2/c1-12-9(6-13)11-8-5-3-2-4-7(8)10(12)14/h2-6H,1H3. The predicted octanol–water partition coefficient (Wildman–Crippen LogP) is 0.746. The summed E-state index contributed by atoms with van der Waals surface area (Å²) in [5.41, 5.74) is 0.357. The van der Waals surface area contributed by atoms with E-state index in [-0.39, 0.29) is 11.4 Å². The molecule has 1 heterocycles. The molecular weight excluding hydrogens is 180 g/mol. The Kier molecular flexibility index (Phi) is 1.89. The van der Waals surface area contributed by atoms with Gasteiger partial charge in [-0.1, -0.05) is 12.1 Å². The van der Waals surface area contributed by atoms with E-state index >= 15 is 0 Å². The van der Waals surface area contributed by atoms with Crippen molar-refractivity contribution in [3.05, 3.63) is 40.4 Å². The summed E-state index contributed by atoms with van der Waals surface area (Å²) < 4.78 is 1.25. The van der Waals surface area contributed by atoms with Crippen LogP contribution in [0, 0.1) is 0 Å². The van der Waals surface area contributed by atoms with Gasteiger partial charge in [-0.25, -0.2) is 4.98 Å². The molecule has 0 spiro atoms. The highest BCUT2D eigenvalue weighted by Crippen LogP contribution is 2.05. The molecule has 0 bridgehead atoms. The van der Waals surface area contributed by atoms with E-state index in [1.807, 2.05) is 0 Å². The summed E-state index contributed by atoms with van der Waals surface area (Å²) in [5, 5.41) is 0.528. The van der Waals surface area contributed by atoms with E-state index in [9.17, 15) is 9.59 Å². The largest absolute Gasteiger partial charge is 0.294 e. The highest BCUT2D eigenvalue weighted by atomic mass is 16.1. The number of fused-ring (bicyclic) bond motifs is 1. The summed E-state index contributed by atoms with van der Waals surface area (Å²) in [5.74, 6) is 0.147. The summed E-state index contributed by atoms with van der Waals surface area (Å²) in [7, 11) is 1.53. The molecule has 0 aliphatic rings. The van der Waals surface area contributed by atoms with Gasteiger partial charge in [-0.2, -0.15) is 0 Å². The molecule has 0 radical (unpaired) electrons. The van der Waals surface area contributed by atoms with Crippen molar-refractivity contribution in [2.45, 2.75) is 0 Å². The monoisotopic (exact) mass is 188 g/mol. The smallest absolute Gasteiger partial charge is 0.261 e. The molecule has 70 valence electrons. The first-order valence-electron chi connectivity index (χ1n) is 4.15. The van der Waals surface area contributed by atoms with E-state index in [0.717, 1.165) is 0 Å². The number of benzene rings is 1. The summed E-state index contributed by atoms with van der Waals surface area (Å²) in [6.07, 6.45) is 0.577. The fraction of sp³-hybridized carbons (Fsp3) is 0.100. The van der Waals surface area contributed by atoms with E-state index in [4.69, 9.17) is 0 Å². The van der Waals surface area contributed by atoms with Gasteiger partial charge in [0.25, 0.3) is 5.56 Å². The zero-order valence-electron chi connectivity index (χ0n) is 7.60. The Morgan fingerprint density at radius 3 is 2.79 bits per heavy atom. The molecule has 2 aromatic rings. The van der Waals surface area contributed by atoms with E-state index in [0.29, 0.717) is 17.2 Å². The van der Waals surface area contributed by atoms with Crippen LogP contribution in [-0.4, -0.2) is 15.8 Å². The van der Waals surface area contributed by atoms with Crippen LogP contribution in [0.1, 0.15) is 10.6 Å². The summed E-state index contributed by atoms with van der Waals surface area (Å²) >= 11 is 0. The van der Waals surface area contributed by atoms with Crippen molar-refractivity contribution in [1.29, 1.82) is 0 Å². The number of hydrogen-bond acceptors (Lipinski definition) is 3. The van der Waals surface area contributed by atoms with E-state index in [2.05, 4.69) is 4.98 Å². The minimum Gasteiger partial charge on any atom is -0.294 e. The molecule has 0 saturated carbocycles. The molecule has 4 nitrogen and oxygen atoms in total. The fourth-order valence-corrected chi connectivity index (χ4v) is 1.34. The van der Waals surface area contributed by atoms with E-state index in [1.165, 1.54) is 11.6 Å². The molecule has 0 aliphatic carbocycles. The van der Waals surface area contributed by atoms with Gasteiger partial charge in [-0.15, -0.1) is 0 Å². The molecule has 0 fully saturated rings. The van der Waals surface area contributed by atoms with Crippen molar-refractivity contribution in [2.75, 3.05) is 0 Å². The number of carbonyl (C=O) groups is 1. The lowest BCUT2D eigenvalue weighted by Crippen LogP contribution is -2.21. The first kappa shape index (κ1) is 8.62. The number of para-hydroxylation sites is 1. The van der Waals surface area contributed by atoms with Gasteiger partial charge in [-0.3, -0.25) is 14.2 Å².